The number of ether oxygens (including phenoxy) is 2. The van der Waals surface area contributed by atoms with Gasteiger partial charge in [-0.05, 0) is 35.8 Å². The Morgan fingerprint density at radius 3 is 2.32 bits per heavy atom. The van der Waals surface area contributed by atoms with Crippen molar-refractivity contribution in [3.05, 3.63) is 94.7 Å². The molecule has 1 saturated heterocycles. The van der Waals surface area contributed by atoms with Gasteiger partial charge in [0.05, 0.1) is 31.1 Å². The fourth-order valence-corrected chi connectivity index (χ4v) is 4.34. The minimum atomic E-state index is -0.428. The van der Waals surface area contributed by atoms with Crippen LogP contribution in [0.4, 0.5) is 4.79 Å². The highest BCUT2D eigenvalue weighted by molar-refractivity contribution is 6.13. The Labute approximate surface area is 222 Å². The zero-order valence-corrected chi connectivity index (χ0v) is 21.9. The van der Waals surface area contributed by atoms with Crippen LogP contribution in [0.5, 0.6) is 0 Å². The molecule has 1 aliphatic heterocycles. The zero-order chi connectivity index (χ0) is 27.1. The van der Waals surface area contributed by atoms with Crippen LogP contribution in [0.25, 0.3) is 6.08 Å². The molecule has 3 aromatic rings. The molecule has 0 atom stereocenters. The predicted molar refractivity (Wildman–Crippen MR) is 142 cm³/mol. The van der Waals surface area contributed by atoms with Crippen molar-refractivity contribution in [1.82, 2.24) is 19.4 Å². The van der Waals surface area contributed by atoms with E-state index in [0.29, 0.717) is 17.8 Å². The molecule has 4 rings (SSSR count). The molecular formula is C29H32N4O5. The molecule has 38 heavy (non-hydrogen) atoms. The van der Waals surface area contributed by atoms with Crippen LogP contribution in [-0.2, 0) is 33.8 Å². The molecule has 198 valence electrons. The molecule has 0 spiro atoms. The van der Waals surface area contributed by atoms with Crippen molar-refractivity contribution >= 4 is 24.0 Å². The Balaban J connectivity index is 1.71. The van der Waals surface area contributed by atoms with E-state index in [1.807, 2.05) is 47.0 Å². The average Bonchev–Trinajstić information content (AvgIpc) is 3.41. The van der Waals surface area contributed by atoms with E-state index < -0.39 is 17.9 Å². The second kappa shape index (κ2) is 12.3. The number of unbranched alkanes of at least 4 members (excludes halogenated alkanes) is 1. The highest BCUT2D eigenvalue weighted by Gasteiger charge is 2.41. The van der Waals surface area contributed by atoms with E-state index in [9.17, 15) is 14.4 Å². The average molecular weight is 517 g/mol. The number of amides is 3. The molecule has 3 amide bonds. The number of aryl methyl sites for hydroxylation is 1. The van der Waals surface area contributed by atoms with Gasteiger partial charge in [0, 0.05) is 20.1 Å². The second-order valence-corrected chi connectivity index (χ2v) is 9.01. The van der Waals surface area contributed by atoms with Crippen molar-refractivity contribution in [3.63, 3.8) is 0 Å². The third kappa shape index (κ3) is 5.84. The number of imidazole rings is 1. The molecule has 0 bridgehead atoms. The van der Waals surface area contributed by atoms with Gasteiger partial charge in [-0.1, -0.05) is 55.8 Å². The summed E-state index contributed by atoms with van der Waals surface area (Å²) in [6.45, 7) is 2.73. The number of hydrogen-bond donors (Lipinski definition) is 0. The first-order valence-corrected chi connectivity index (χ1v) is 12.6. The van der Waals surface area contributed by atoms with Crippen LogP contribution in [0, 0.1) is 0 Å². The normalized spacial score (nSPS) is 14.6. The number of esters is 1. The van der Waals surface area contributed by atoms with Crippen molar-refractivity contribution in [2.24, 2.45) is 0 Å². The van der Waals surface area contributed by atoms with Crippen LogP contribution in [0.3, 0.4) is 0 Å². The summed E-state index contributed by atoms with van der Waals surface area (Å²) in [5.74, 6) is 0.0747. The molecule has 0 aliphatic carbocycles. The van der Waals surface area contributed by atoms with Gasteiger partial charge in [0.2, 0.25) is 0 Å². The number of urea groups is 1. The molecular weight excluding hydrogens is 484 g/mol. The highest BCUT2D eigenvalue weighted by atomic mass is 16.5. The molecule has 0 N–H and O–H groups in total. The van der Waals surface area contributed by atoms with E-state index >= 15 is 0 Å². The lowest BCUT2D eigenvalue weighted by Crippen LogP contribution is -2.34. The van der Waals surface area contributed by atoms with E-state index in [0.717, 1.165) is 41.1 Å². The lowest BCUT2D eigenvalue weighted by atomic mass is 10.1. The predicted octanol–water partition coefficient (Wildman–Crippen LogP) is 4.47. The summed E-state index contributed by atoms with van der Waals surface area (Å²) in [6, 6.07) is 16.3. The summed E-state index contributed by atoms with van der Waals surface area (Å²) < 4.78 is 12.0. The van der Waals surface area contributed by atoms with E-state index in [1.165, 1.54) is 19.1 Å². The monoisotopic (exact) mass is 516 g/mol. The Bertz CT molecular complexity index is 1310. The topological polar surface area (TPSA) is 94.0 Å². The van der Waals surface area contributed by atoms with Gasteiger partial charge in [0.15, 0.2) is 0 Å². The third-order valence-electron chi connectivity index (χ3n) is 6.38. The van der Waals surface area contributed by atoms with E-state index in [4.69, 9.17) is 9.47 Å². The van der Waals surface area contributed by atoms with Crippen LogP contribution >= 0.6 is 0 Å². The summed E-state index contributed by atoms with van der Waals surface area (Å²) >= 11 is 0. The standard InChI is InChI=1S/C29H32N4O5/c1-4-5-11-26-30-17-24(31(26)18-22-12-14-23(15-13-22)28(35)38-3)16-25-27(34)33(20-37-2)29(36)32(25)19-21-9-7-6-8-10-21/h6-10,12-17H,4-5,11,18-20H2,1-3H3/b25-16-. The Kier molecular flexibility index (Phi) is 8.70. The van der Waals surface area contributed by atoms with E-state index in [-0.39, 0.29) is 19.0 Å². The molecule has 1 aromatic heterocycles. The highest BCUT2D eigenvalue weighted by Crippen LogP contribution is 2.27. The first-order chi connectivity index (χ1) is 18.5. The van der Waals surface area contributed by atoms with Gasteiger partial charge in [0.1, 0.15) is 18.3 Å². The number of imide groups is 1. The quantitative estimate of drug-likeness (QED) is 0.212. The van der Waals surface area contributed by atoms with E-state index in [1.54, 1.807) is 24.4 Å². The van der Waals surface area contributed by atoms with Crippen molar-refractivity contribution < 1.29 is 23.9 Å². The van der Waals surface area contributed by atoms with Crippen molar-refractivity contribution in [2.45, 2.75) is 39.3 Å². The fourth-order valence-electron chi connectivity index (χ4n) is 4.34. The molecule has 1 aliphatic rings. The molecule has 2 heterocycles. The second-order valence-electron chi connectivity index (χ2n) is 9.01. The number of aromatic nitrogens is 2. The smallest absolute Gasteiger partial charge is 0.337 e. The lowest BCUT2D eigenvalue weighted by Gasteiger charge is -2.17. The lowest BCUT2D eigenvalue weighted by molar-refractivity contribution is -0.126. The number of hydrogen-bond acceptors (Lipinski definition) is 6. The van der Waals surface area contributed by atoms with Gasteiger partial charge < -0.3 is 14.0 Å². The van der Waals surface area contributed by atoms with Crippen molar-refractivity contribution in [3.8, 4) is 0 Å². The van der Waals surface area contributed by atoms with Gasteiger partial charge in [-0.2, -0.15) is 0 Å². The largest absolute Gasteiger partial charge is 0.465 e. The van der Waals surface area contributed by atoms with Gasteiger partial charge in [-0.15, -0.1) is 0 Å². The first-order valence-electron chi connectivity index (χ1n) is 12.6. The van der Waals surface area contributed by atoms with E-state index in [2.05, 4.69) is 11.9 Å². The Hall–Kier alpha value is -4.24. The molecule has 1 fully saturated rings. The van der Waals surface area contributed by atoms with Crippen LogP contribution in [0.2, 0.25) is 0 Å². The number of methoxy groups -OCH3 is 2. The van der Waals surface area contributed by atoms with Gasteiger partial charge in [-0.3, -0.25) is 9.69 Å². The maximum atomic E-state index is 13.3. The summed E-state index contributed by atoms with van der Waals surface area (Å²) in [7, 11) is 2.80. The van der Waals surface area contributed by atoms with Crippen LogP contribution in [0.1, 0.15) is 52.8 Å². The Morgan fingerprint density at radius 1 is 0.947 bits per heavy atom. The first kappa shape index (κ1) is 26.8. The Morgan fingerprint density at radius 2 is 1.66 bits per heavy atom. The molecule has 9 heteroatoms. The maximum Gasteiger partial charge on any atom is 0.337 e. The summed E-state index contributed by atoms with van der Waals surface area (Å²) in [4.78, 5) is 45.6. The van der Waals surface area contributed by atoms with Crippen molar-refractivity contribution in [1.29, 1.82) is 0 Å². The molecule has 2 aromatic carbocycles. The van der Waals surface area contributed by atoms with Gasteiger partial charge >= 0.3 is 12.0 Å². The minimum absolute atomic E-state index is 0.131. The van der Waals surface area contributed by atoms with Crippen LogP contribution < -0.4 is 0 Å². The summed E-state index contributed by atoms with van der Waals surface area (Å²) in [5, 5.41) is 0. The summed E-state index contributed by atoms with van der Waals surface area (Å²) in [5.41, 5.74) is 3.31. The van der Waals surface area contributed by atoms with Crippen molar-refractivity contribution in [2.75, 3.05) is 21.0 Å². The molecule has 0 saturated carbocycles. The molecule has 0 radical (unpaired) electrons. The van der Waals surface area contributed by atoms with Gasteiger partial charge in [0.25, 0.3) is 5.91 Å². The zero-order valence-electron chi connectivity index (χ0n) is 21.9. The third-order valence-corrected chi connectivity index (χ3v) is 6.38. The van der Waals surface area contributed by atoms with Crippen LogP contribution in [0.15, 0.2) is 66.5 Å². The number of carbonyl (C=O) groups excluding carboxylic acids is 3. The molecule has 0 unspecified atom stereocenters. The maximum absolute atomic E-state index is 13.3. The van der Waals surface area contributed by atoms with Gasteiger partial charge in [-0.25, -0.2) is 19.5 Å². The molecule has 9 nitrogen and oxygen atoms in total. The number of rotatable bonds is 11. The number of benzene rings is 2. The minimum Gasteiger partial charge on any atom is -0.465 e. The SMILES string of the molecule is CCCCc1ncc(/C=C2/C(=O)N(COC)C(=O)N2Cc2ccccc2)n1Cc1ccc(C(=O)OC)cc1. The van der Waals surface area contributed by atoms with Crippen LogP contribution in [-0.4, -0.2) is 58.2 Å². The number of carbonyl (C=O) groups is 3. The fraction of sp³-hybridized carbons (Fsp3) is 0.310. The summed E-state index contributed by atoms with van der Waals surface area (Å²) in [6.07, 6.45) is 6.22. The number of nitrogens with zero attached hydrogens (tertiary/aromatic N) is 4.